The maximum Gasteiger partial charge on any atom is 0.259 e. The van der Waals surface area contributed by atoms with Crippen molar-refractivity contribution in [1.29, 1.82) is 0 Å². The van der Waals surface area contributed by atoms with Gasteiger partial charge in [-0.2, -0.15) is 0 Å². The molecule has 5 heteroatoms. The quantitative estimate of drug-likeness (QED) is 0.833. The molecule has 0 bridgehead atoms. The molecule has 1 heterocycles. The van der Waals surface area contributed by atoms with Crippen molar-refractivity contribution in [1.82, 2.24) is 9.47 Å². The van der Waals surface area contributed by atoms with E-state index in [0.29, 0.717) is 24.2 Å². The fraction of sp³-hybridized carbons (Fsp3) is 0.444. The van der Waals surface area contributed by atoms with Gasteiger partial charge in [-0.05, 0) is 32.4 Å². The van der Waals surface area contributed by atoms with Gasteiger partial charge in [-0.15, -0.1) is 0 Å². The van der Waals surface area contributed by atoms with Gasteiger partial charge in [-0.25, -0.2) is 0 Å². The maximum absolute atomic E-state index is 12.8. The minimum atomic E-state index is -0.275. The molecule has 0 aliphatic heterocycles. The molecule has 1 amide bonds. The number of hydrogen-bond acceptors (Lipinski definition) is 3. The molecule has 0 aliphatic carbocycles. The Morgan fingerprint density at radius 1 is 1.22 bits per heavy atom. The summed E-state index contributed by atoms with van der Waals surface area (Å²) >= 11 is 0. The van der Waals surface area contributed by atoms with Crippen LogP contribution in [-0.2, 0) is 6.54 Å². The van der Waals surface area contributed by atoms with Crippen LogP contribution in [0.3, 0.4) is 0 Å². The van der Waals surface area contributed by atoms with E-state index >= 15 is 0 Å². The molecule has 2 rings (SSSR count). The lowest BCUT2D eigenvalue weighted by molar-refractivity contribution is 0.0771. The molecule has 0 saturated heterocycles. The summed E-state index contributed by atoms with van der Waals surface area (Å²) in [6.45, 7) is 7.84. The van der Waals surface area contributed by atoms with Crippen LogP contribution < -0.4 is 11.2 Å². The van der Waals surface area contributed by atoms with Crippen LogP contribution in [0, 0.1) is 0 Å². The van der Waals surface area contributed by atoms with Gasteiger partial charge in [0, 0.05) is 31.5 Å². The highest BCUT2D eigenvalue weighted by Gasteiger charge is 2.20. The van der Waals surface area contributed by atoms with E-state index in [9.17, 15) is 9.59 Å². The van der Waals surface area contributed by atoms with Crippen molar-refractivity contribution < 1.29 is 4.79 Å². The molecule has 5 nitrogen and oxygen atoms in total. The third kappa shape index (κ3) is 3.23. The van der Waals surface area contributed by atoms with E-state index in [0.717, 1.165) is 24.9 Å². The summed E-state index contributed by atoms with van der Waals surface area (Å²) in [6, 6.07) is 5.43. The first-order chi connectivity index (χ1) is 11.0. The molecule has 2 N–H and O–H groups in total. The Morgan fingerprint density at radius 3 is 2.52 bits per heavy atom. The molecule has 0 saturated carbocycles. The highest BCUT2D eigenvalue weighted by Crippen LogP contribution is 2.19. The first kappa shape index (κ1) is 17.1. The number of unbranched alkanes of at least 4 members (excludes halogenated alkanes) is 1. The van der Waals surface area contributed by atoms with Crippen LogP contribution in [0.25, 0.3) is 10.9 Å². The number of aryl methyl sites for hydroxylation is 1. The van der Waals surface area contributed by atoms with E-state index in [1.54, 1.807) is 17.2 Å². The van der Waals surface area contributed by atoms with E-state index < -0.39 is 0 Å². The van der Waals surface area contributed by atoms with Crippen molar-refractivity contribution >= 4 is 22.5 Å². The summed E-state index contributed by atoms with van der Waals surface area (Å²) in [6.07, 6.45) is 3.71. The average Bonchev–Trinajstić information content (AvgIpc) is 2.55. The number of carbonyl (C=O) groups is 1. The van der Waals surface area contributed by atoms with Crippen molar-refractivity contribution in [3.63, 3.8) is 0 Å². The van der Waals surface area contributed by atoms with Gasteiger partial charge in [0.2, 0.25) is 5.43 Å². The topological polar surface area (TPSA) is 68.3 Å². The van der Waals surface area contributed by atoms with Crippen LogP contribution in [0.4, 0.5) is 5.69 Å². The third-order valence-electron chi connectivity index (χ3n) is 4.17. The smallest absolute Gasteiger partial charge is 0.259 e. The minimum Gasteiger partial charge on any atom is -0.398 e. The van der Waals surface area contributed by atoms with Gasteiger partial charge in [0.15, 0.2) is 0 Å². The number of nitrogens with zero attached hydrogens (tertiary/aromatic N) is 2. The molecular formula is C18H25N3O2. The number of amides is 1. The molecule has 1 aromatic heterocycles. The summed E-state index contributed by atoms with van der Waals surface area (Å²) in [4.78, 5) is 27.2. The zero-order valence-electron chi connectivity index (χ0n) is 14.1. The van der Waals surface area contributed by atoms with Crippen LogP contribution in [-0.4, -0.2) is 28.5 Å². The summed E-state index contributed by atoms with van der Waals surface area (Å²) in [7, 11) is 0. The number of carbonyl (C=O) groups excluding carboxylic acids is 1. The highest BCUT2D eigenvalue weighted by atomic mass is 16.2. The van der Waals surface area contributed by atoms with Gasteiger partial charge in [0.25, 0.3) is 5.91 Å². The van der Waals surface area contributed by atoms with Crippen LogP contribution >= 0.6 is 0 Å². The van der Waals surface area contributed by atoms with E-state index in [4.69, 9.17) is 5.73 Å². The monoisotopic (exact) mass is 315 g/mol. The lowest BCUT2D eigenvalue weighted by Crippen LogP contribution is -2.34. The summed E-state index contributed by atoms with van der Waals surface area (Å²) in [5.74, 6) is -0.226. The van der Waals surface area contributed by atoms with Crippen LogP contribution in [0.1, 0.15) is 44.0 Å². The molecular weight excluding hydrogens is 290 g/mol. The van der Waals surface area contributed by atoms with E-state index in [2.05, 4.69) is 6.92 Å². The third-order valence-corrected chi connectivity index (χ3v) is 4.17. The molecule has 23 heavy (non-hydrogen) atoms. The van der Waals surface area contributed by atoms with E-state index in [-0.39, 0.29) is 16.9 Å². The second-order valence-electron chi connectivity index (χ2n) is 5.64. The Bertz CT molecular complexity index is 761. The predicted molar refractivity (Wildman–Crippen MR) is 94.8 cm³/mol. The Kier molecular flexibility index (Phi) is 5.42. The zero-order valence-corrected chi connectivity index (χ0v) is 14.1. The molecule has 0 fully saturated rings. The van der Waals surface area contributed by atoms with Gasteiger partial charge in [-0.3, -0.25) is 9.59 Å². The first-order valence-corrected chi connectivity index (χ1v) is 8.26. The van der Waals surface area contributed by atoms with Crippen molar-refractivity contribution in [3.8, 4) is 0 Å². The highest BCUT2D eigenvalue weighted by molar-refractivity contribution is 6.00. The standard InChI is InChI=1S/C18H25N3O2/c1-4-7-11-21-12-13(18(23)20(5-2)6-3)17(22)16-14(19)9-8-10-15(16)21/h8-10,12H,4-7,11,19H2,1-3H3. The maximum atomic E-state index is 12.8. The number of anilines is 1. The van der Waals surface area contributed by atoms with Gasteiger partial charge < -0.3 is 15.2 Å². The zero-order chi connectivity index (χ0) is 17.0. The van der Waals surface area contributed by atoms with Crippen LogP contribution in [0.15, 0.2) is 29.2 Å². The van der Waals surface area contributed by atoms with Crippen molar-refractivity contribution in [2.75, 3.05) is 18.8 Å². The largest absolute Gasteiger partial charge is 0.398 e. The fourth-order valence-electron chi connectivity index (χ4n) is 2.81. The van der Waals surface area contributed by atoms with Crippen molar-refractivity contribution in [2.45, 2.75) is 40.2 Å². The number of fused-ring (bicyclic) bond motifs is 1. The summed E-state index contributed by atoms with van der Waals surface area (Å²) in [5.41, 5.74) is 7.17. The van der Waals surface area contributed by atoms with Gasteiger partial charge >= 0.3 is 0 Å². The molecule has 0 aliphatic rings. The number of rotatable bonds is 6. The Morgan fingerprint density at radius 2 is 1.91 bits per heavy atom. The Hall–Kier alpha value is -2.30. The molecule has 0 radical (unpaired) electrons. The van der Waals surface area contributed by atoms with Crippen LogP contribution in [0.2, 0.25) is 0 Å². The van der Waals surface area contributed by atoms with Gasteiger partial charge in [-0.1, -0.05) is 19.4 Å². The second kappa shape index (κ2) is 7.31. The number of nitrogens with two attached hydrogens (primary N) is 1. The Labute approximate surface area is 136 Å². The molecule has 0 unspecified atom stereocenters. The predicted octanol–water partition coefficient (Wildman–Crippen LogP) is 2.87. The van der Waals surface area contributed by atoms with Crippen molar-refractivity contribution in [2.24, 2.45) is 0 Å². The Balaban J connectivity index is 2.70. The molecule has 0 atom stereocenters. The number of pyridine rings is 1. The van der Waals surface area contributed by atoms with E-state index in [1.165, 1.54) is 0 Å². The fourth-order valence-corrected chi connectivity index (χ4v) is 2.81. The van der Waals surface area contributed by atoms with Crippen LogP contribution in [0.5, 0.6) is 0 Å². The molecule has 2 aromatic rings. The molecule has 1 aromatic carbocycles. The normalized spacial score (nSPS) is 10.9. The van der Waals surface area contributed by atoms with Gasteiger partial charge in [0.1, 0.15) is 5.56 Å². The van der Waals surface area contributed by atoms with Crippen molar-refractivity contribution in [3.05, 3.63) is 40.2 Å². The number of benzene rings is 1. The average molecular weight is 315 g/mol. The van der Waals surface area contributed by atoms with Gasteiger partial charge in [0.05, 0.1) is 10.9 Å². The number of hydrogen-bond donors (Lipinski definition) is 1. The number of aromatic nitrogens is 1. The summed E-state index contributed by atoms with van der Waals surface area (Å²) in [5, 5.41) is 0.446. The summed E-state index contributed by atoms with van der Waals surface area (Å²) < 4.78 is 1.98. The lowest BCUT2D eigenvalue weighted by atomic mass is 10.1. The molecule has 124 valence electrons. The van der Waals surface area contributed by atoms with E-state index in [1.807, 2.05) is 30.5 Å². The lowest BCUT2D eigenvalue weighted by Gasteiger charge is -2.20. The SMILES string of the molecule is CCCCn1cc(C(=O)N(CC)CC)c(=O)c2c(N)cccc21. The number of nitrogen functional groups attached to an aromatic ring is 1. The molecule has 0 spiro atoms. The first-order valence-electron chi connectivity index (χ1n) is 8.26. The minimum absolute atomic E-state index is 0.204. The second-order valence-corrected chi connectivity index (χ2v) is 5.64.